The van der Waals surface area contributed by atoms with E-state index >= 15 is 0 Å². The molecule has 1 aromatic rings. The second-order valence-corrected chi connectivity index (χ2v) is 6.06. The predicted octanol–water partition coefficient (Wildman–Crippen LogP) is 4.18. The van der Waals surface area contributed by atoms with Crippen LogP contribution in [0.15, 0.2) is 12.1 Å². The largest absolute Gasteiger partial charge is 0.399 e. The number of carbonyl (C=O) groups excluding carboxylic acids is 1. The number of benzene rings is 1. The summed E-state index contributed by atoms with van der Waals surface area (Å²) in [7, 11) is 0. The van der Waals surface area contributed by atoms with Gasteiger partial charge >= 0.3 is 0 Å². The summed E-state index contributed by atoms with van der Waals surface area (Å²) in [5.41, 5.74) is 9.60. The molecule has 1 aromatic carbocycles. The van der Waals surface area contributed by atoms with Crippen LogP contribution in [-0.4, -0.2) is 5.91 Å². The molecule has 0 atom stereocenters. The van der Waals surface area contributed by atoms with E-state index in [2.05, 4.69) is 5.32 Å². The SMILES string of the molecule is Cc1cc(N)cc(C)c1NC(=O)C1CCCCCCC1. The maximum Gasteiger partial charge on any atom is 0.227 e. The molecule has 3 heteroatoms. The van der Waals surface area contributed by atoms with E-state index in [-0.39, 0.29) is 11.8 Å². The van der Waals surface area contributed by atoms with Gasteiger partial charge in [0.2, 0.25) is 5.91 Å². The smallest absolute Gasteiger partial charge is 0.227 e. The van der Waals surface area contributed by atoms with Gasteiger partial charge in [0.05, 0.1) is 0 Å². The molecule has 0 unspecified atom stereocenters. The number of nitrogens with one attached hydrogen (secondary N) is 1. The summed E-state index contributed by atoms with van der Waals surface area (Å²) in [5, 5.41) is 3.13. The molecule has 0 bridgehead atoms. The van der Waals surface area contributed by atoms with Gasteiger partial charge in [-0.25, -0.2) is 0 Å². The van der Waals surface area contributed by atoms with Crippen LogP contribution in [0.5, 0.6) is 0 Å². The molecule has 0 spiro atoms. The summed E-state index contributed by atoms with van der Waals surface area (Å²) in [6.07, 6.45) is 8.27. The summed E-state index contributed by atoms with van der Waals surface area (Å²) in [5.74, 6) is 0.356. The minimum Gasteiger partial charge on any atom is -0.399 e. The second-order valence-electron chi connectivity index (χ2n) is 6.06. The van der Waals surface area contributed by atoms with Crippen molar-refractivity contribution in [1.29, 1.82) is 0 Å². The van der Waals surface area contributed by atoms with Crippen LogP contribution in [-0.2, 0) is 4.79 Å². The molecule has 1 saturated carbocycles. The third-order valence-electron chi connectivity index (χ3n) is 4.28. The van der Waals surface area contributed by atoms with E-state index in [1.54, 1.807) is 0 Å². The Balaban J connectivity index is 2.06. The third-order valence-corrected chi connectivity index (χ3v) is 4.28. The Morgan fingerprint density at radius 1 is 1.05 bits per heavy atom. The molecule has 0 aromatic heterocycles. The van der Waals surface area contributed by atoms with Crippen molar-refractivity contribution in [2.24, 2.45) is 5.92 Å². The average molecular weight is 274 g/mol. The van der Waals surface area contributed by atoms with Gasteiger partial charge < -0.3 is 11.1 Å². The molecule has 2 rings (SSSR count). The molecular formula is C17H26N2O. The van der Waals surface area contributed by atoms with Gasteiger partial charge in [0.1, 0.15) is 0 Å². The Morgan fingerprint density at radius 3 is 2.10 bits per heavy atom. The molecule has 110 valence electrons. The van der Waals surface area contributed by atoms with Crippen LogP contribution in [0.1, 0.15) is 56.1 Å². The fourth-order valence-corrected chi connectivity index (χ4v) is 3.14. The summed E-state index contributed by atoms with van der Waals surface area (Å²) in [6, 6.07) is 3.83. The Kier molecular flexibility index (Phi) is 5.05. The second kappa shape index (κ2) is 6.78. The van der Waals surface area contributed by atoms with Gasteiger partial charge in [-0.15, -0.1) is 0 Å². The monoisotopic (exact) mass is 274 g/mol. The highest BCUT2D eigenvalue weighted by Gasteiger charge is 2.20. The van der Waals surface area contributed by atoms with Crippen molar-refractivity contribution in [3.05, 3.63) is 23.3 Å². The van der Waals surface area contributed by atoms with Crippen molar-refractivity contribution in [1.82, 2.24) is 0 Å². The molecule has 1 aliphatic carbocycles. The van der Waals surface area contributed by atoms with Crippen molar-refractivity contribution in [2.75, 3.05) is 11.1 Å². The van der Waals surface area contributed by atoms with Gasteiger partial charge in [0.25, 0.3) is 0 Å². The highest BCUT2D eigenvalue weighted by atomic mass is 16.1. The van der Waals surface area contributed by atoms with Crippen LogP contribution in [0.4, 0.5) is 11.4 Å². The number of aryl methyl sites for hydroxylation is 2. The van der Waals surface area contributed by atoms with Gasteiger partial charge in [0, 0.05) is 17.3 Å². The summed E-state index contributed by atoms with van der Waals surface area (Å²) >= 11 is 0. The zero-order chi connectivity index (χ0) is 14.5. The maximum absolute atomic E-state index is 12.5. The van der Waals surface area contributed by atoms with Gasteiger partial charge in [0.15, 0.2) is 0 Å². The number of hydrogen-bond acceptors (Lipinski definition) is 2. The van der Waals surface area contributed by atoms with E-state index in [0.29, 0.717) is 0 Å². The first-order chi connectivity index (χ1) is 9.58. The van der Waals surface area contributed by atoms with Gasteiger partial charge in [-0.05, 0) is 49.9 Å². The van der Waals surface area contributed by atoms with Crippen molar-refractivity contribution in [3.63, 3.8) is 0 Å². The molecule has 0 radical (unpaired) electrons. The fourth-order valence-electron chi connectivity index (χ4n) is 3.14. The van der Waals surface area contributed by atoms with E-state index in [0.717, 1.165) is 35.3 Å². The number of hydrogen-bond donors (Lipinski definition) is 2. The molecule has 20 heavy (non-hydrogen) atoms. The molecule has 1 aliphatic rings. The lowest BCUT2D eigenvalue weighted by molar-refractivity contribution is -0.120. The van der Waals surface area contributed by atoms with Crippen LogP contribution in [0, 0.1) is 19.8 Å². The van der Waals surface area contributed by atoms with Crippen molar-refractivity contribution in [3.8, 4) is 0 Å². The molecule has 1 amide bonds. The van der Waals surface area contributed by atoms with Crippen molar-refractivity contribution < 1.29 is 4.79 Å². The van der Waals surface area contributed by atoms with E-state index < -0.39 is 0 Å². The van der Waals surface area contributed by atoms with E-state index in [4.69, 9.17) is 5.73 Å². The molecule has 3 nitrogen and oxygen atoms in total. The molecule has 1 fully saturated rings. The Hall–Kier alpha value is -1.51. The molecule has 0 heterocycles. The first-order valence-electron chi connectivity index (χ1n) is 7.75. The summed E-state index contributed by atoms with van der Waals surface area (Å²) in [6.45, 7) is 3.99. The van der Waals surface area contributed by atoms with E-state index in [9.17, 15) is 4.79 Å². The molecule has 0 saturated heterocycles. The van der Waals surface area contributed by atoms with Crippen LogP contribution >= 0.6 is 0 Å². The number of anilines is 2. The average Bonchev–Trinajstić information content (AvgIpc) is 2.33. The highest BCUT2D eigenvalue weighted by Crippen LogP contribution is 2.27. The lowest BCUT2D eigenvalue weighted by atomic mass is 9.90. The lowest BCUT2D eigenvalue weighted by Crippen LogP contribution is -2.24. The number of rotatable bonds is 2. The Bertz CT molecular complexity index is 451. The number of carbonyl (C=O) groups is 1. The normalized spacial score (nSPS) is 17.3. The minimum atomic E-state index is 0.173. The fraction of sp³-hybridized carbons (Fsp3) is 0.588. The van der Waals surface area contributed by atoms with Gasteiger partial charge in [-0.3, -0.25) is 4.79 Å². The van der Waals surface area contributed by atoms with Crippen molar-refractivity contribution >= 4 is 17.3 Å². The Labute approximate surface area is 121 Å². The van der Waals surface area contributed by atoms with Gasteiger partial charge in [-0.1, -0.05) is 32.1 Å². The number of nitrogen functional groups attached to an aromatic ring is 1. The Morgan fingerprint density at radius 2 is 1.55 bits per heavy atom. The highest BCUT2D eigenvalue weighted by molar-refractivity contribution is 5.94. The summed E-state index contributed by atoms with van der Waals surface area (Å²) < 4.78 is 0. The lowest BCUT2D eigenvalue weighted by Gasteiger charge is -2.20. The van der Waals surface area contributed by atoms with E-state index in [1.807, 2.05) is 26.0 Å². The number of amides is 1. The minimum absolute atomic E-state index is 0.173. The standard InChI is InChI=1S/C17H26N2O/c1-12-10-15(18)11-13(2)16(12)19-17(20)14-8-6-4-3-5-7-9-14/h10-11,14H,3-9,18H2,1-2H3,(H,19,20). The maximum atomic E-state index is 12.5. The molecule has 0 aliphatic heterocycles. The van der Waals surface area contributed by atoms with Crippen LogP contribution in [0.2, 0.25) is 0 Å². The first kappa shape index (κ1) is 14.9. The quantitative estimate of drug-likeness (QED) is 0.795. The predicted molar refractivity (Wildman–Crippen MR) is 84.8 cm³/mol. The third kappa shape index (κ3) is 3.75. The van der Waals surface area contributed by atoms with Crippen LogP contribution in [0.25, 0.3) is 0 Å². The van der Waals surface area contributed by atoms with Gasteiger partial charge in [-0.2, -0.15) is 0 Å². The topological polar surface area (TPSA) is 55.1 Å². The first-order valence-corrected chi connectivity index (χ1v) is 7.75. The zero-order valence-electron chi connectivity index (χ0n) is 12.7. The number of nitrogens with two attached hydrogens (primary N) is 1. The molecular weight excluding hydrogens is 248 g/mol. The van der Waals surface area contributed by atoms with Crippen molar-refractivity contribution in [2.45, 2.75) is 58.8 Å². The summed E-state index contributed by atoms with van der Waals surface area (Å²) in [4.78, 5) is 12.5. The van der Waals surface area contributed by atoms with E-state index in [1.165, 1.54) is 32.1 Å². The van der Waals surface area contributed by atoms with Crippen LogP contribution in [0.3, 0.4) is 0 Å². The van der Waals surface area contributed by atoms with Crippen LogP contribution < -0.4 is 11.1 Å². The molecule has 3 N–H and O–H groups in total. The zero-order valence-corrected chi connectivity index (χ0v) is 12.7.